The molecule has 0 aliphatic rings. The first-order valence-electron chi connectivity index (χ1n) is 7.42. The lowest BCUT2D eigenvalue weighted by Crippen LogP contribution is -2.52. The van der Waals surface area contributed by atoms with Crippen LogP contribution in [-0.2, 0) is 21.5 Å². The van der Waals surface area contributed by atoms with Crippen LogP contribution in [0.2, 0.25) is 0 Å². The number of nitrogens with zero attached hydrogens (tertiary/aromatic N) is 1. The van der Waals surface area contributed by atoms with Crippen LogP contribution in [0.1, 0.15) is 35.9 Å². The Morgan fingerprint density at radius 1 is 1.26 bits per heavy atom. The first-order chi connectivity index (χ1) is 10.9. The summed E-state index contributed by atoms with van der Waals surface area (Å²) in [5.74, 6) is -0.902. The highest BCUT2D eigenvalue weighted by atomic mass is 16.5. The molecule has 1 aromatic carbocycles. The smallest absolute Gasteiger partial charge is 0.334 e. The molecule has 2 aromatic rings. The van der Waals surface area contributed by atoms with E-state index in [0.29, 0.717) is 22.6 Å². The topological polar surface area (TPSA) is 92.4 Å². The van der Waals surface area contributed by atoms with E-state index in [4.69, 9.17) is 4.52 Å². The van der Waals surface area contributed by atoms with Crippen molar-refractivity contribution in [2.45, 2.75) is 39.2 Å². The van der Waals surface area contributed by atoms with E-state index in [9.17, 15) is 14.7 Å². The molecule has 6 nitrogen and oxygen atoms in total. The van der Waals surface area contributed by atoms with Crippen molar-refractivity contribution in [2.75, 3.05) is 0 Å². The molecular formula is C17H20N2O4. The Kier molecular flexibility index (Phi) is 4.83. The van der Waals surface area contributed by atoms with Crippen molar-refractivity contribution >= 4 is 11.9 Å². The standard InChI is InChI=1S/C17H20N2O4/c1-4-17(16(21)22,13-8-6-5-7-9-13)18-15(20)10-14-11(2)19-23-12(14)3/h5-9H,4,10H2,1-3H3,(H,18,20)(H,21,22). The van der Waals surface area contributed by atoms with E-state index in [2.05, 4.69) is 10.5 Å². The van der Waals surface area contributed by atoms with Crippen LogP contribution < -0.4 is 5.32 Å². The maximum atomic E-state index is 12.4. The minimum Gasteiger partial charge on any atom is -0.479 e. The molecule has 2 N–H and O–H groups in total. The summed E-state index contributed by atoms with van der Waals surface area (Å²) < 4.78 is 5.04. The summed E-state index contributed by atoms with van der Waals surface area (Å²) in [5.41, 5.74) is 0.417. The van der Waals surface area contributed by atoms with Crippen LogP contribution >= 0.6 is 0 Å². The Hall–Kier alpha value is -2.63. The molecule has 0 saturated carbocycles. The van der Waals surface area contributed by atoms with Crippen LogP contribution in [0.3, 0.4) is 0 Å². The number of carboxylic acid groups (broad SMARTS) is 1. The summed E-state index contributed by atoms with van der Waals surface area (Å²) in [6.07, 6.45) is 0.267. The zero-order valence-electron chi connectivity index (χ0n) is 13.4. The Labute approximate surface area is 134 Å². The average Bonchev–Trinajstić information content (AvgIpc) is 2.85. The van der Waals surface area contributed by atoms with Crippen molar-refractivity contribution in [1.29, 1.82) is 0 Å². The molecule has 1 heterocycles. The van der Waals surface area contributed by atoms with Gasteiger partial charge in [0.15, 0.2) is 5.54 Å². The molecule has 0 aliphatic carbocycles. The highest BCUT2D eigenvalue weighted by Crippen LogP contribution is 2.26. The zero-order valence-corrected chi connectivity index (χ0v) is 13.4. The maximum absolute atomic E-state index is 12.4. The largest absolute Gasteiger partial charge is 0.479 e. The van der Waals surface area contributed by atoms with Gasteiger partial charge in [0.1, 0.15) is 5.76 Å². The Balaban J connectivity index is 2.28. The molecule has 0 bridgehead atoms. The lowest BCUT2D eigenvalue weighted by Gasteiger charge is -2.30. The number of aliphatic carboxylic acids is 1. The fraction of sp³-hybridized carbons (Fsp3) is 0.353. The predicted octanol–water partition coefficient (Wildman–Crippen LogP) is 2.34. The van der Waals surface area contributed by atoms with E-state index in [1.165, 1.54) is 0 Å². The van der Waals surface area contributed by atoms with E-state index in [1.807, 2.05) is 0 Å². The van der Waals surface area contributed by atoms with Crippen molar-refractivity contribution in [3.8, 4) is 0 Å². The minimum absolute atomic E-state index is 0.0308. The van der Waals surface area contributed by atoms with Gasteiger partial charge >= 0.3 is 5.97 Å². The fourth-order valence-electron chi connectivity index (χ4n) is 2.61. The highest BCUT2D eigenvalue weighted by molar-refractivity contribution is 5.89. The van der Waals surface area contributed by atoms with Gasteiger partial charge in [-0.2, -0.15) is 0 Å². The second-order valence-electron chi connectivity index (χ2n) is 5.46. The van der Waals surface area contributed by atoms with Crippen LogP contribution in [0.25, 0.3) is 0 Å². The molecule has 0 spiro atoms. The van der Waals surface area contributed by atoms with Gasteiger partial charge in [-0.05, 0) is 25.8 Å². The lowest BCUT2D eigenvalue weighted by molar-refractivity contribution is -0.148. The number of aryl methyl sites for hydroxylation is 2. The van der Waals surface area contributed by atoms with Crippen molar-refractivity contribution in [2.24, 2.45) is 0 Å². The van der Waals surface area contributed by atoms with Gasteiger partial charge in [-0.3, -0.25) is 4.79 Å². The third kappa shape index (κ3) is 3.26. The van der Waals surface area contributed by atoms with Gasteiger partial charge in [0.25, 0.3) is 0 Å². The molecule has 0 radical (unpaired) electrons. The SMILES string of the molecule is CCC(NC(=O)Cc1c(C)noc1C)(C(=O)O)c1ccccc1. The summed E-state index contributed by atoms with van der Waals surface area (Å²) in [7, 11) is 0. The van der Waals surface area contributed by atoms with Gasteiger partial charge in [-0.15, -0.1) is 0 Å². The fourth-order valence-corrected chi connectivity index (χ4v) is 2.61. The van der Waals surface area contributed by atoms with Crippen LogP contribution in [0.5, 0.6) is 0 Å². The van der Waals surface area contributed by atoms with Crippen LogP contribution in [-0.4, -0.2) is 22.1 Å². The van der Waals surface area contributed by atoms with E-state index in [0.717, 1.165) is 0 Å². The Morgan fingerprint density at radius 2 is 1.91 bits per heavy atom. The van der Waals surface area contributed by atoms with Crippen LogP contribution in [0.4, 0.5) is 0 Å². The average molecular weight is 316 g/mol. The van der Waals surface area contributed by atoms with Crippen LogP contribution in [0, 0.1) is 13.8 Å². The van der Waals surface area contributed by atoms with Gasteiger partial charge in [0, 0.05) is 5.56 Å². The van der Waals surface area contributed by atoms with Crippen LogP contribution in [0.15, 0.2) is 34.9 Å². The lowest BCUT2D eigenvalue weighted by atomic mass is 9.87. The van der Waals surface area contributed by atoms with Gasteiger partial charge in [0.05, 0.1) is 12.1 Å². The molecule has 122 valence electrons. The van der Waals surface area contributed by atoms with Gasteiger partial charge in [-0.1, -0.05) is 42.4 Å². The normalized spacial score (nSPS) is 13.3. The number of benzene rings is 1. The maximum Gasteiger partial charge on any atom is 0.334 e. The summed E-state index contributed by atoms with van der Waals surface area (Å²) in [6, 6.07) is 8.71. The van der Waals surface area contributed by atoms with E-state index < -0.39 is 11.5 Å². The molecule has 1 amide bonds. The van der Waals surface area contributed by atoms with Crippen molar-refractivity contribution < 1.29 is 19.2 Å². The molecule has 1 unspecified atom stereocenters. The molecule has 1 aromatic heterocycles. The number of rotatable bonds is 6. The first-order valence-corrected chi connectivity index (χ1v) is 7.42. The molecule has 2 rings (SSSR count). The minimum atomic E-state index is -1.45. The van der Waals surface area contributed by atoms with E-state index in [-0.39, 0.29) is 18.7 Å². The molecule has 0 fully saturated rings. The zero-order chi connectivity index (χ0) is 17.0. The summed E-state index contributed by atoms with van der Waals surface area (Å²) in [6.45, 7) is 5.21. The third-order valence-corrected chi connectivity index (χ3v) is 4.03. The highest BCUT2D eigenvalue weighted by Gasteiger charge is 2.40. The number of carbonyl (C=O) groups is 2. The molecular weight excluding hydrogens is 296 g/mol. The number of hydrogen-bond donors (Lipinski definition) is 2. The summed E-state index contributed by atoms with van der Waals surface area (Å²) >= 11 is 0. The first kappa shape index (κ1) is 16.7. The molecule has 6 heteroatoms. The number of aromatic nitrogens is 1. The van der Waals surface area contributed by atoms with Gasteiger partial charge in [0.2, 0.25) is 5.91 Å². The molecule has 23 heavy (non-hydrogen) atoms. The van der Waals surface area contributed by atoms with Crippen molar-refractivity contribution in [3.05, 3.63) is 52.9 Å². The molecule has 0 aliphatic heterocycles. The number of amides is 1. The van der Waals surface area contributed by atoms with Gasteiger partial charge < -0.3 is 14.9 Å². The quantitative estimate of drug-likeness (QED) is 0.853. The molecule has 1 atom stereocenters. The second kappa shape index (κ2) is 6.64. The number of carbonyl (C=O) groups excluding carboxylic acids is 1. The monoisotopic (exact) mass is 316 g/mol. The Morgan fingerprint density at radius 3 is 2.39 bits per heavy atom. The van der Waals surface area contributed by atoms with Crippen molar-refractivity contribution in [3.63, 3.8) is 0 Å². The Bertz CT molecular complexity index is 689. The van der Waals surface area contributed by atoms with E-state index >= 15 is 0 Å². The van der Waals surface area contributed by atoms with Crippen molar-refractivity contribution in [1.82, 2.24) is 10.5 Å². The number of carboxylic acids is 1. The summed E-state index contributed by atoms with van der Waals surface area (Å²) in [5, 5.41) is 16.2. The predicted molar refractivity (Wildman–Crippen MR) is 83.9 cm³/mol. The molecule has 0 saturated heterocycles. The number of nitrogens with one attached hydrogen (secondary N) is 1. The second-order valence-corrected chi connectivity index (χ2v) is 5.46. The van der Waals surface area contributed by atoms with E-state index in [1.54, 1.807) is 51.1 Å². The third-order valence-electron chi connectivity index (χ3n) is 4.03. The number of hydrogen-bond acceptors (Lipinski definition) is 4. The summed E-state index contributed by atoms with van der Waals surface area (Å²) in [4.78, 5) is 24.3. The van der Waals surface area contributed by atoms with Gasteiger partial charge in [-0.25, -0.2) is 4.79 Å².